The molecule has 0 saturated carbocycles. The van der Waals surface area contributed by atoms with Gasteiger partial charge in [-0.1, -0.05) is 23.9 Å². The summed E-state index contributed by atoms with van der Waals surface area (Å²) in [6.45, 7) is 4.66. The number of aryl methyl sites for hydroxylation is 2. The maximum Gasteiger partial charge on any atom is 0.177 e. The van der Waals surface area contributed by atoms with Crippen LogP contribution in [-0.4, -0.2) is 17.5 Å². The molecule has 0 bridgehead atoms. The van der Waals surface area contributed by atoms with Gasteiger partial charge in [-0.25, -0.2) is 0 Å². The number of hydrogen-bond acceptors (Lipinski definition) is 4. The normalized spacial score (nSPS) is 11.5. The standard InChI is InChI=1S/C11H17N3OS/c1-8-3-4-9(2)10(7-8)15-5-6-16-11(12)14-13/h3-4,7H,5-6,13H2,1-2H3,(H2,12,14). The zero-order chi connectivity index (χ0) is 12.0. The Labute approximate surface area is 100 Å². The fraction of sp³-hybridized carbons (Fsp3) is 0.364. The summed E-state index contributed by atoms with van der Waals surface area (Å²) in [5, 5.41) is 3.75. The van der Waals surface area contributed by atoms with Gasteiger partial charge in [-0.2, -0.15) is 5.10 Å². The van der Waals surface area contributed by atoms with E-state index in [2.05, 4.69) is 11.2 Å². The van der Waals surface area contributed by atoms with Crippen LogP contribution in [0.3, 0.4) is 0 Å². The largest absolute Gasteiger partial charge is 0.492 e. The van der Waals surface area contributed by atoms with Gasteiger partial charge in [0.1, 0.15) is 5.75 Å². The third kappa shape index (κ3) is 4.02. The van der Waals surface area contributed by atoms with Crippen LogP contribution in [0.25, 0.3) is 0 Å². The van der Waals surface area contributed by atoms with Gasteiger partial charge in [0.2, 0.25) is 0 Å². The van der Waals surface area contributed by atoms with E-state index in [1.807, 2.05) is 26.0 Å². The summed E-state index contributed by atoms with van der Waals surface area (Å²) in [5.74, 6) is 6.67. The Morgan fingerprint density at radius 3 is 2.88 bits per heavy atom. The number of amidine groups is 1. The average molecular weight is 239 g/mol. The maximum absolute atomic E-state index is 5.64. The molecule has 1 rings (SSSR count). The molecule has 0 atom stereocenters. The van der Waals surface area contributed by atoms with Crippen LogP contribution in [0.1, 0.15) is 11.1 Å². The van der Waals surface area contributed by atoms with Crippen molar-refractivity contribution in [2.24, 2.45) is 16.7 Å². The van der Waals surface area contributed by atoms with Crippen molar-refractivity contribution in [2.45, 2.75) is 13.8 Å². The second-order valence-corrected chi connectivity index (χ2v) is 4.55. The van der Waals surface area contributed by atoms with Gasteiger partial charge in [0.25, 0.3) is 0 Å². The number of hydrogen-bond donors (Lipinski definition) is 2. The Morgan fingerprint density at radius 1 is 1.44 bits per heavy atom. The first-order chi connectivity index (χ1) is 7.63. The molecule has 0 saturated heterocycles. The molecule has 4 nitrogen and oxygen atoms in total. The Kier molecular flexibility index (Phi) is 4.98. The summed E-state index contributed by atoms with van der Waals surface area (Å²) < 4.78 is 5.64. The first kappa shape index (κ1) is 12.7. The van der Waals surface area contributed by atoms with Gasteiger partial charge >= 0.3 is 0 Å². The van der Waals surface area contributed by atoms with Crippen LogP contribution in [-0.2, 0) is 0 Å². The third-order valence-corrected chi connectivity index (χ3v) is 2.83. The van der Waals surface area contributed by atoms with E-state index in [0.29, 0.717) is 11.8 Å². The molecule has 1 aromatic rings. The van der Waals surface area contributed by atoms with Crippen LogP contribution < -0.4 is 16.3 Å². The number of nitrogens with two attached hydrogens (primary N) is 2. The maximum atomic E-state index is 5.64. The Morgan fingerprint density at radius 2 is 2.19 bits per heavy atom. The first-order valence-electron chi connectivity index (χ1n) is 4.99. The molecule has 16 heavy (non-hydrogen) atoms. The predicted octanol–water partition coefficient (Wildman–Crippen LogP) is 1.60. The van der Waals surface area contributed by atoms with Crippen molar-refractivity contribution in [3.8, 4) is 5.75 Å². The molecule has 0 aliphatic heterocycles. The molecule has 0 aliphatic carbocycles. The summed E-state index contributed by atoms with van der Waals surface area (Å²) in [7, 11) is 0. The van der Waals surface area contributed by atoms with Gasteiger partial charge in [0.15, 0.2) is 5.17 Å². The lowest BCUT2D eigenvalue weighted by atomic mass is 10.1. The summed E-state index contributed by atoms with van der Waals surface area (Å²) >= 11 is 1.38. The second kappa shape index (κ2) is 6.27. The second-order valence-electron chi connectivity index (χ2n) is 3.43. The van der Waals surface area contributed by atoms with Crippen molar-refractivity contribution in [3.05, 3.63) is 29.3 Å². The minimum atomic E-state index is 0.379. The van der Waals surface area contributed by atoms with Gasteiger partial charge in [-0.3, -0.25) is 0 Å². The van der Waals surface area contributed by atoms with E-state index in [9.17, 15) is 0 Å². The highest BCUT2D eigenvalue weighted by molar-refractivity contribution is 8.13. The summed E-state index contributed by atoms with van der Waals surface area (Å²) in [5.41, 5.74) is 7.77. The van der Waals surface area contributed by atoms with Crippen molar-refractivity contribution >= 4 is 16.9 Å². The van der Waals surface area contributed by atoms with Gasteiger partial charge in [-0.15, -0.1) is 0 Å². The zero-order valence-electron chi connectivity index (χ0n) is 9.56. The smallest absolute Gasteiger partial charge is 0.177 e. The minimum absolute atomic E-state index is 0.379. The lowest BCUT2D eigenvalue weighted by molar-refractivity contribution is 0.341. The zero-order valence-corrected chi connectivity index (χ0v) is 10.4. The summed E-state index contributed by atoms with van der Waals surface area (Å²) in [6, 6.07) is 6.14. The van der Waals surface area contributed by atoms with Crippen molar-refractivity contribution in [3.63, 3.8) is 0 Å². The Bertz CT molecular complexity index is 379. The van der Waals surface area contributed by atoms with E-state index < -0.39 is 0 Å². The van der Waals surface area contributed by atoms with Gasteiger partial charge < -0.3 is 16.3 Å². The van der Waals surface area contributed by atoms with Crippen LogP contribution in [0.15, 0.2) is 23.3 Å². The molecule has 5 heteroatoms. The average Bonchev–Trinajstić information content (AvgIpc) is 2.28. The van der Waals surface area contributed by atoms with Crippen molar-refractivity contribution in [1.29, 1.82) is 0 Å². The monoisotopic (exact) mass is 239 g/mol. The number of rotatable bonds is 4. The molecule has 0 fully saturated rings. The van der Waals surface area contributed by atoms with Crippen LogP contribution >= 0.6 is 11.8 Å². The van der Waals surface area contributed by atoms with Crippen molar-refractivity contribution < 1.29 is 4.74 Å². The van der Waals surface area contributed by atoms with E-state index in [-0.39, 0.29) is 0 Å². The Balaban J connectivity index is 2.40. The SMILES string of the molecule is Cc1ccc(C)c(OCCSC(N)=NN)c1. The van der Waals surface area contributed by atoms with E-state index in [0.717, 1.165) is 17.1 Å². The molecule has 0 spiro atoms. The fourth-order valence-electron chi connectivity index (χ4n) is 1.20. The quantitative estimate of drug-likeness (QED) is 0.275. The predicted molar refractivity (Wildman–Crippen MR) is 69.7 cm³/mol. The lowest BCUT2D eigenvalue weighted by Crippen LogP contribution is -2.12. The van der Waals surface area contributed by atoms with E-state index in [1.54, 1.807) is 0 Å². The Hall–Kier alpha value is -1.36. The van der Waals surface area contributed by atoms with E-state index in [1.165, 1.54) is 17.3 Å². The highest BCUT2D eigenvalue weighted by Gasteiger charge is 2.00. The van der Waals surface area contributed by atoms with Crippen LogP contribution in [0.5, 0.6) is 5.75 Å². The summed E-state index contributed by atoms with van der Waals surface area (Å²) in [6.07, 6.45) is 0. The summed E-state index contributed by atoms with van der Waals surface area (Å²) in [4.78, 5) is 0. The van der Waals surface area contributed by atoms with Crippen molar-refractivity contribution in [1.82, 2.24) is 0 Å². The number of hydrazone groups is 1. The fourth-order valence-corrected chi connectivity index (χ4v) is 1.65. The molecular formula is C11H17N3OS. The number of benzene rings is 1. The lowest BCUT2D eigenvalue weighted by Gasteiger charge is -2.09. The third-order valence-electron chi connectivity index (χ3n) is 2.06. The molecule has 88 valence electrons. The van der Waals surface area contributed by atoms with Gasteiger partial charge in [0, 0.05) is 5.75 Å². The van der Waals surface area contributed by atoms with Crippen LogP contribution in [0, 0.1) is 13.8 Å². The molecule has 0 aliphatic rings. The topological polar surface area (TPSA) is 73.6 Å². The molecule has 4 N–H and O–H groups in total. The molecule has 0 aromatic heterocycles. The van der Waals surface area contributed by atoms with Crippen LogP contribution in [0.2, 0.25) is 0 Å². The highest BCUT2D eigenvalue weighted by Crippen LogP contribution is 2.19. The minimum Gasteiger partial charge on any atom is -0.492 e. The first-order valence-corrected chi connectivity index (χ1v) is 5.98. The molecule has 0 unspecified atom stereocenters. The molecule has 0 radical (unpaired) electrons. The molecule has 0 heterocycles. The van der Waals surface area contributed by atoms with Crippen molar-refractivity contribution in [2.75, 3.05) is 12.4 Å². The number of nitrogens with zero attached hydrogens (tertiary/aromatic N) is 1. The molecular weight excluding hydrogens is 222 g/mol. The highest BCUT2D eigenvalue weighted by atomic mass is 32.2. The molecule has 0 amide bonds. The number of ether oxygens (including phenoxy) is 1. The number of thioether (sulfide) groups is 1. The molecule has 1 aromatic carbocycles. The van der Waals surface area contributed by atoms with Crippen LogP contribution in [0.4, 0.5) is 0 Å². The van der Waals surface area contributed by atoms with Gasteiger partial charge in [-0.05, 0) is 31.0 Å². The van der Waals surface area contributed by atoms with E-state index in [4.69, 9.17) is 16.3 Å². The van der Waals surface area contributed by atoms with Gasteiger partial charge in [0.05, 0.1) is 6.61 Å². The van der Waals surface area contributed by atoms with E-state index >= 15 is 0 Å².